The van der Waals surface area contributed by atoms with E-state index in [-0.39, 0.29) is 0 Å². The van der Waals surface area contributed by atoms with E-state index in [1.807, 2.05) is 0 Å². The minimum Gasteiger partial charge on any atom is -0.312 e. The summed E-state index contributed by atoms with van der Waals surface area (Å²) in [7, 11) is 0. The Kier molecular flexibility index (Phi) is 2.04. The summed E-state index contributed by atoms with van der Waals surface area (Å²) in [6.45, 7) is 12.6. The van der Waals surface area contributed by atoms with E-state index in [0.717, 1.165) is 5.92 Å². The molecule has 1 atom stereocenters. The van der Waals surface area contributed by atoms with E-state index < -0.39 is 0 Å². The van der Waals surface area contributed by atoms with Gasteiger partial charge in [0, 0.05) is 5.54 Å². The van der Waals surface area contributed by atoms with Crippen LogP contribution in [0.1, 0.15) is 41.0 Å². The van der Waals surface area contributed by atoms with Crippen LogP contribution >= 0.6 is 0 Å². The Bertz CT molecular complexity index is 141. The fraction of sp³-hybridized carbons (Fsp3) is 1.00. The molecule has 0 aliphatic heterocycles. The summed E-state index contributed by atoms with van der Waals surface area (Å²) in [4.78, 5) is 0. The van der Waals surface area contributed by atoms with E-state index in [0.29, 0.717) is 11.0 Å². The second-order valence-corrected chi connectivity index (χ2v) is 5.52. The lowest BCUT2D eigenvalue weighted by molar-refractivity contribution is 0.396. The van der Waals surface area contributed by atoms with Gasteiger partial charge in [0.1, 0.15) is 0 Å². The summed E-state index contributed by atoms with van der Waals surface area (Å²) < 4.78 is 0. The maximum Gasteiger partial charge on any atom is 0.00966 e. The lowest BCUT2D eigenvalue weighted by Gasteiger charge is -2.20. The topological polar surface area (TPSA) is 12.0 Å². The first-order chi connectivity index (χ1) is 4.81. The second-order valence-electron chi connectivity index (χ2n) is 5.52. The molecular weight excluding hydrogens is 134 g/mol. The van der Waals surface area contributed by atoms with E-state index in [1.165, 1.54) is 13.0 Å². The molecule has 0 radical (unpaired) electrons. The first-order valence-corrected chi connectivity index (χ1v) is 4.56. The smallest absolute Gasteiger partial charge is 0.00966 e. The molecule has 1 unspecified atom stereocenters. The maximum atomic E-state index is 3.54. The molecule has 0 heterocycles. The SMILES string of the molecule is CC(C)(C)NCC1CC1(C)C. The van der Waals surface area contributed by atoms with Crippen LogP contribution in [0.2, 0.25) is 0 Å². The highest BCUT2D eigenvalue weighted by molar-refractivity contribution is 4.96. The van der Waals surface area contributed by atoms with Gasteiger partial charge in [0.15, 0.2) is 0 Å². The fourth-order valence-electron chi connectivity index (χ4n) is 1.35. The van der Waals surface area contributed by atoms with Gasteiger partial charge in [-0.15, -0.1) is 0 Å². The molecule has 11 heavy (non-hydrogen) atoms. The molecule has 1 aliphatic rings. The highest BCUT2D eigenvalue weighted by atomic mass is 15.0. The minimum atomic E-state index is 0.290. The molecule has 1 heteroatoms. The molecule has 1 saturated carbocycles. The van der Waals surface area contributed by atoms with Crippen LogP contribution in [0.15, 0.2) is 0 Å². The maximum absolute atomic E-state index is 3.54. The number of hydrogen-bond acceptors (Lipinski definition) is 1. The van der Waals surface area contributed by atoms with Crippen molar-refractivity contribution in [1.82, 2.24) is 5.32 Å². The second kappa shape index (κ2) is 2.48. The van der Waals surface area contributed by atoms with E-state index in [1.54, 1.807) is 0 Å². The van der Waals surface area contributed by atoms with Gasteiger partial charge in [-0.2, -0.15) is 0 Å². The van der Waals surface area contributed by atoms with Crippen LogP contribution in [-0.2, 0) is 0 Å². The predicted octanol–water partition coefficient (Wildman–Crippen LogP) is 2.42. The van der Waals surface area contributed by atoms with Crippen molar-refractivity contribution in [3.8, 4) is 0 Å². The van der Waals surface area contributed by atoms with Crippen molar-refractivity contribution < 1.29 is 0 Å². The van der Waals surface area contributed by atoms with Crippen molar-refractivity contribution in [1.29, 1.82) is 0 Å². The van der Waals surface area contributed by atoms with Crippen LogP contribution < -0.4 is 5.32 Å². The third kappa shape index (κ3) is 2.82. The quantitative estimate of drug-likeness (QED) is 0.645. The molecule has 0 aromatic rings. The van der Waals surface area contributed by atoms with Crippen molar-refractivity contribution in [2.24, 2.45) is 11.3 Å². The van der Waals surface area contributed by atoms with E-state index >= 15 is 0 Å². The molecule has 66 valence electrons. The number of hydrogen-bond donors (Lipinski definition) is 1. The van der Waals surface area contributed by atoms with Crippen LogP contribution in [-0.4, -0.2) is 12.1 Å². The Morgan fingerprint density at radius 3 is 2.09 bits per heavy atom. The molecule has 1 N–H and O–H groups in total. The lowest BCUT2D eigenvalue weighted by Crippen LogP contribution is -2.37. The molecule has 0 aromatic heterocycles. The Labute approximate surface area is 70.6 Å². The van der Waals surface area contributed by atoms with Crippen LogP contribution in [0.25, 0.3) is 0 Å². The molecule has 0 aromatic carbocycles. The van der Waals surface area contributed by atoms with Crippen molar-refractivity contribution in [3.63, 3.8) is 0 Å². The summed E-state index contributed by atoms with van der Waals surface area (Å²) in [5, 5.41) is 3.54. The normalized spacial score (nSPS) is 28.6. The first kappa shape index (κ1) is 9.05. The van der Waals surface area contributed by atoms with Gasteiger partial charge in [0.05, 0.1) is 0 Å². The predicted molar refractivity (Wildman–Crippen MR) is 49.6 cm³/mol. The Morgan fingerprint density at radius 1 is 1.36 bits per heavy atom. The third-order valence-corrected chi connectivity index (χ3v) is 2.60. The average molecular weight is 155 g/mol. The summed E-state index contributed by atoms with van der Waals surface area (Å²) in [5.74, 6) is 0.918. The summed E-state index contributed by atoms with van der Waals surface area (Å²) >= 11 is 0. The molecule has 1 rings (SSSR count). The molecule has 0 amide bonds. The summed E-state index contributed by atoms with van der Waals surface area (Å²) in [6, 6.07) is 0. The number of nitrogens with one attached hydrogen (secondary N) is 1. The average Bonchev–Trinajstić information content (AvgIpc) is 2.33. The zero-order valence-electron chi connectivity index (χ0n) is 8.49. The van der Waals surface area contributed by atoms with Gasteiger partial charge in [-0.3, -0.25) is 0 Å². The standard InChI is InChI=1S/C10H21N/c1-9(2,3)11-7-8-6-10(8,4)5/h8,11H,6-7H2,1-5H3. The monoisotopic (exact) mass is 155 g/mol. The van der Waals surface area contributed by atoms with Crippen LogP contribution in [0.3, 0.4) is 0 Å². The Balaban J connectivity index is 2.16. The fourth-order valence-corrected chi connectivity index (χ4v) is 1.35. The lowest BCUT2D eigenvalue weighted by atomic mass is 10.1. The summed E-state index contributed by atoms with van der Waals surface area (Å²) in [5.41, 5.74) is 0.914. The van der Waals surface area contributed by atoms with Crippen molar-refractivity contribution in [2.75, 3.05) is 6.54 Å². The Morgan fingerprint density at radius 2 is 1.82 bits per heavy atom. The number of rotatable bonds is 2. The van der Waals surface area contributed by atoms with Gasteiger partial charge in [0.2, 0.25) is 0 Å². The first-order valence-electron chi connectivity index (χ1n) is 4.56. The van der Waals surface area contributed by atoms with Crippen molar-refractivity contribution >= 4 is 0 Å². The third-order valence-electron chi connectivity index (χ3n) is 2.60. The minimum absolute atomic E-state index is 0.290. The largest absolute Gasteiger partial charge is 0.312 e. The molecule has 0 saturated heterocycles. The van der Waals surface area contributed by atoms with Gasteiger partial charge in [-0.1, -0.05) is 13.8 Å². The van der Waals surface area contributed by atoms with Gasteiger partial charge < -0.3 is 5.32 Å². The van der Waals surface area contributed by atoms with Gasteiger partial charge >= 0.3 is 0 Å². The van der Waals surface area contributed by atoms with Gasteiger partial charge in [0.25, 0.3) is 0 Å². The highest BCUT2D eigenvalue weighted by Gasteiger charge is 2.45. The van der Waals surface area contributed by atoms with Crippen molar-refractivity contribution in [2.45, 2.75) is 46.6 Å². The molecule has 1 nitrogen and oxygen atoms in total. The summed E-state index contributed by atoms with van der Waals surface area (Å²) in [6.07, 6.45) is 1.40. The zero-order chi connectivity index (χ0) is 8.70. The van der Waals surface area contributed by atoms with Gasteiger partial charge in [-0.25, -0.2) is 0 Å². The zero-order valence-corrected chi connectivity index (χ0v) is 8.49. The molecular formula is C10H21N. The Hall–Kier alpha value is -0.0400. The molecule has 1 fully saturated rings. The molecule has 0 bridgehead atoms. The van der Waals surface area contributed by atoms with Crippen LogP contribution in [0, 0.1) is 11.3 Å². The van der Waals surface area contributed by atoms with E-state index in [4.69, 9.17) is 0 Å². The van der Waals surface area contributed by atoms with E-state index in [9.17, 15) is 0 Å². The molecule has 1 aliphatic carbocycles. The van der Waals surface area contributed by atoms with Crippen LogP contribution in [0.4, 0.5) is 0 Å². The van der Waals surface area contributed by atoms with Crippen LogP contribution in [0.5, 0.6) is 0 Å². The van der Waals surface area contributed by atoms with Gasteiger partial charge in [-0.05, 0) is 45.1 Å². The highest BCUT2D eigenvalue weighted by Crippen LogP contribution is 2.51. The molecule has 0 spiro atoms. The van der Waals surface area contributed by atoms with E-state index in [2.05, 4.69) is 39.9 Å². The van der Waals surface area contributed by atoms with Crippen molar-refractivity contribution in [3.05, 3.63) is 0 Å².